The van der Waals surface area contributed by atoms with Crippen LogP contribution in [0.15, 0.2) is 108 Å². The Balaban J connectivity index is 1.82. The second kappa shape index (κ2) is 14.4. The third kappa shape index (κ3) is 8.14. The predicted octanol–water partition coefficient (Wildman–Crippen LogP) is 5.97. The molecule has 44 heavy (non-hydrogen) atoms. The van der Waals surface area contributed by atoms with Crippen LogP contribution in [0.25, 0.3) is 0 Å². The molecule has 0 bridgehead atoms. The topological polar surface area (TPSA) is 86.8 Å². The first kappa shape index (κ1) is 32.5. The van der Waals surface area contributed by atoms with Crippen LogP contribution in [0.4, 0.5) is 5.69 Å². The van der Waals surface area contributed by atoms with Crippen molar-refractivity contribution < 1.29 is 18.0 Å². The summed E-state index contributed by atoms with van der Waals surface area (Å²) in [5.74, 6) is -0.779. The maximum atomic E-state index is 14.5. The molecular formula is C36H41N3O4S. The number of carbonyl (C=O) groups excluding carboxylic acids is 2. The van der Waals surface area contributed by atoms with Crippen molar-refractivity contribution in [2.24, 2.45) is 0 Å². The monoisotopic (exact) mass is 611 g/mol. The van der Waals surface area contributed by atoms with Gasteiger partial charge in [-0.3, -0.25) is 13.9 Å². The Labute approximate surface area is 261 Å². The number of hydrogen-bond donors (Lipinski definition) is 1. The number of para-hydroxylation sites is 1. The highest BCUT2D eigenvalue weighted by Crippen LogP contribution is 2.28. The molecule has 1 unspecified atom stereocenters. The molecule has 4 aromatic carbocycles. The molecular weight excluding hydrogens is 570 g/mol. The normalized spacial score (nSPS) is 12.0. The van der Waals surface area contributed by atoms with E-state index in [0.29, 0.717) is 11.3 Å². The highest BCUT2D eigenvalue weighted by Gasteiger charge is 2.35. The second-order valence-electron chi connectivity index (χ2n) is 11.5. The number of sulfonamides is 1. The van der Waals surface area contributed by atoms with Crippen molar-refractivity contribution >= 4 is 27.5 Å². The summed E-state index contributed by atoms with van der Waals surface area (Å²) >= 11 is 0. The minimum atomic E-state index is -4.14. The summed E-state index contributed by atoms with van der Waals surface area (Å²) in [6, 6.07) is 30.0. The molecule has 230 valence electrons. The SMILES string of the molecule is Cc1ccc(S(=O)(=O)N(CC(=O)N(Cc2cccc(C)c2)C(Cc2ccccc2)C(=O)NC(C)C)c2ccccc2C)cc1. The third-order valence-corrected chi connectivity index (χ3v) is 9.18. The van der Waals surface area contributed by atoms with E-state index in [-0.39, 0.29) is 29.8 Å². The molecule has 7 nitrogen and oxygen atoms in total. The van der Waals surface area contributed by atoms with Crippen LogP contribution in [0.5, 0.6) is 0 Å². The molecule has 0 radical (unpaired) electrons. The van der Waals surface area contributed by atoms with Crippen molar-refractivity contribution in [3.8, 4) is 0 Å². The maximum Gasteiger partial charge on any atom is 0.264 e. The summed E-state index contributed by atoms with van der Waals surface area (Å²) < 4.78 is 29.5. The number of nitrogens with one attached hydrogen (secondary N) is 1. The molecule has 0 aliphatic heterocycles. The fraction of sp³-hybridized carbons (Fsp3) is 0.278. The van der Waals surface area contributed by atoms with Gasteiger partial charge in [0, 0.05) is 19.0 Å². The Bertz CT molecular complexity index is 1690. The summed E-state index contributed by atoms with van der Waals surface area (Å²) in [5, 5.41) is 2.99. The van der Waals surface area contributed by atoms with Gasteiger partial charge in [0.15, 0.2) is 0 Å². The number of rotatable bonds is 12. The Morgan fingerprint density at radius 1 is 0.750 bits per heavy atom. The maximum absolute atomic E-state index is 14.5. The van der Waals surface area contributed by atoms with Crippen LogP contribution in [0.2, 0.25) is 0 Å². The van der Waals surface area contributed by atoms with Crippen molar-refractivity contribution in [2.45, 2.75) is 64.6 Å². The molecule has 4 rings (SSSR count). The summed E-state index contributed by atoms with van der Waals surface area (Å²) in [6.07, 6.45) is 0.270. The van der Waals surface area contributed by atoms with Crippen LogP contribution in [0.3, 0.4) is 0 Å². The molecule has 0 aliphatic carbocycles. The fourth-order valence-corrected chi connectivity index (χ4v) is 6.61. The van der Waals surface area contributed by atoms with E-state index in [4.69, 9.17) is 0 Å². The Hall–Kier alpha value is -4.43. The van der Waals surface area contributed by atoms with E-state index in [1.807, 2.05) is 101 Å². The summed E-state index contributed by atoms with van der Waals surface area (Å²) in [4.78, 5) is 29.9. The number of nitrogens with zero attached hydrogens (tertiary/aromatic N) is 2. The van der Waals surface area contributed by atoms with E-state index in [9.17, 15) is 18.0 Å². The summed E-state index contributed by atoms with van der Waals surface area (Å²) in [5.41, 5.74) is 4.79. The zero-order valence-corrected chi connectivity index (χ0v) is 26.8. The number of hydrogen-bond acceptors (Lipinski definition) is 4. The number of benzene rings is 4. The molecule has 0 aromatic heterocycles. The number of anilines is 1. The molecule has 4 aromatic rings. The molecule has 0 saturated carbocycles. The smallest absolute Gasteiger partial charge is 0.264 e. The van der Waals surface area contributed by atoms with Gasteiger partial charge < -0.3 is 10.2 Å². The lowest BCUT2D eigenvalue weighted by Gasteiger charge is -2.34. The zero-order chi connectivity index (χ0) is 31.9. The van der Waals surface area contributed by atoms with Crippen molar-refractivity contribution in [3.63, 3.8) is 0 Å². The Kier molecular flexibility index (Phi) is 10.6. The van der Waals surface area contributed by atoms with E-state index in [2.05, 4.69) is 5.32 Å². The molecule has 0 spiro atoms. The van der Waals surface area contributed by atoms with Crippen molar-refractivity contribution in [1.29, 1.82) is 0 Å². The molecule has 2 amide bonds. The quantitative estimate of drug-likeness (QED) is 0.214. The first-order chi connectivity index (χ1) is 21.0. The van der Waals surface area contributed by atoms with Gasteiger partial charge in [0.25, 0.3) is 10.0 Å². The van der Waals surface area contributed by atoms with Gasteiger partial charge in [0.1, 0.15) is 12.6 Å². The van der Waals surface area contributed by atoms with E-state index in [1.54, 1.807) is 36.4 Å². The van der Waals surface area contributed by atoms with Gasteiger partial charge in [-0.2, -0.15) is 0 Å². The molecule has 8 heteroatoms. The van der Waals surface area contributed by atoms with Gasteiger partial charge in [-0.15, -0.1) is 0 Å². The molecule has 0 saturated heterocycles. The lowest BCUT2D eigenvalue weighted by Crippen LogP contribution is -2.54. The van der Waals surface area contributed by atoms with E-state index < -0.39 is 28.5 Å². The lowest BCUT2D eigenvalue weighted by molar-refractivity contribution is -0.140. The molecule has 0 fully saturated rings. The first-order valence-corrected chi connectivity index (χ1v) is 16.2. The van der Waals surface area contributed by atoms with Gasteiger partial charge in [-0.25, -0.2) is 8.42 Å². The highest BCUT2D eigenvalue weighted by molar-refractivity contribution is 7.92. The zero-order valence-electron chi connectivity index (χ0n) is 26.0. The van der Waals surface area contributed by atoms with Crippen LogP contribution in [0.1, 0.15) is 41.7 Å². The average Bonchev–Trinajstić information content (AvgIpc) is 2.98. The predicted molar refractivity (Wildman–Crippen MR) is 176 cm³/mol. The minimum Gasteiger partial charge on any atom is -0.352 e. The Morgan fingerprint density at radius 3 is 2.02 bits per heavy atom. The fourth-order valence-electron chi connectivity index (χ4n) is 5.14. The molecule has 0 heterocycles. The molecule has 1 N–H and O–H groups in total. The Morgan fingerprint density at radius 2 is 1.39 bits per heavy atom. The van der Waals surface area contributed by atoms with Crippen LogP contribution in [-0.2, 0) is 32.6 Å². The standard InChI is InChI=1S/C36H41N3O4S/c1-26(2)37-36(41)34(23-30-14-7-6-8-15-30)38(24-31-16-11-12-28(4)22-31)35(40)25-39(33-17-10-9-13-29(33)5)44(42,43)32-20-18-27(3)19-21-32/h6-22,26,34H,23-25H2,1-5H3,(H,37,41). The van der Waals surface area contributed by atoms with Crippen LogP contribution < -0.4 is 9.62 Å². The number of carbonyl (C=O) groups is 2. The number of amides is 2. The highest BCUT2D eigenvalue weighted by atomic mass is 32.2. The second-order valence-corrected chi connectivity index (χ2v) is 13.4. The first-order valence-electron chi connectivity index (χ1n) is 14.8. The summed E-state index contributed by atoms with van der Waals surface area (Å²) in [6.45, 7) is 9.07. The van der Waals surface area contributed by atoms with Gasteiger partial charge >= 0.3 is 0 Å². The van der Waals surface area contributed by atoms with Gasteiger partial charge in [-0.1, -0.05) is 96.1 Å². The van der Waals surface area contributed by atoms with Gasteiger partial charge in [0.05, 0.1) is 10.6 Å². The average molecular weight is 612 g/mol. The molecule has 1 atom stereocenters. The minimum absolute atomic E-state index is 0.0859. The van der Waals surface area contributed by atoms with Crippen LogP contribution in [-0.4, -0.2) is 43.8 Å². The largest absolute Gasteiger partial charge is 0.352 e. The van der Waals surface area contributed by atoms with Crippen molar-refractivity contribution in [3.05, 3.63) is 131 Å². The van der Waals surface area contributed by atoms with E-state index >= 15 is 0 Å². The van der Waals surface area contributed by atoms with Crippen molar-refractivity contribution in [1.82, 2.24) is 10.2 Å². The van der Waals surface area contributed by atoms with Gasteiger partial charge in [0.2, 0.25) is 11.8 Å². The van der Waals surface area contributed by atoms with Gasteiger partial charge in [-0.05, 0) is 69.5 Å². The third-order valence-electron chi connectivity index (χ3n) is 7.41. The number of aryl methyl sites for hydroxylation is 3. The van der Waals surface area contributed by atoms with Crippen LogP contribution >= 0.6 is 0 Å². The van der Waals surface area contributed by atoms with Crippen molar-refractivity contribution in [2.75, 3.05) is 10.8 Å². The lowest BCUT2D eigenvalue weighted by atomic mass is 10.0. The van der Waals surface area contributed by atoms with E-state index in [0.717, 1.165) is 22.3 Å². The molecule has 0 aliphatic rings. The summed E-state index contributed by atoms with van der Waals surface area (Å²) in [7, 11) is -4.14. The van der Waals surface area contributed by atoms with Crippen LogP contribution in [0, 0.1) is 20.8 Å². The van der Waals surface area contributed by atoms with E-state index in [1.165, 1.54) is 9.21 Å².